The van der Waals surface area contributed by atoms with Crippen LogP contribution in [-0.2, 0) is 9.53 Å². The molecule has 0 aliphatic heterocycles. The van der Waals surface area contributed by atoms with E-state index in [0.717, 1.165) is 0 Å². The zero-order chi connectivity index (χ0) is 6.41. The summed E-state index contributed by atoms with van der Waals surface area (Å²) < 4.78 is 4.09. The molecular weight excluding hydrogens is 142 g/mol. The smallest absolute Gasteiger partial charge is 0.321 e. The average molecular weight is 150 g/mol. The van der Waals surface area contributed by atoms with Gasteiger partial charge in [0.25, 0.3) is 0 Å². The van der Waals surface area contributed by atoms with Crippen molar-refractivity contribution in [3.05, 3.63) is 0 Å². The van der Waals surface area contributed by atoms with Gasteiger partial charge in [-0.15, -0.1) is 12.4 Å². The van der Waals surface area contributed by atoms with Crippen LogP contribution in [0.25, 0.3) is 0 Å². The highest BCUT2D eigenvalue weighted by Gasteiger charge is 1.95. The van der Waals surface area contributed by atoms with Gasteiger partial charge in [-0.3, -0.25) is 4.79 Å². The largest absolute Gasteiger partial charge is 0.372 e. The molecule has 0 amide bonds. The van der Waals surface area contributed by atoms with Crippen LogP contribution in [0.15, 0.2) is 0 Å². The lowest BCUT2D eigenvalue weighted by molar-refractivity contribution is -0.136. The molecule has 0 atom stereocenters. The first-order valence-corrected chi connectivity index (χ1v) is 2.16. The highest BCUT2D eigenvalue weighted by Crippen LogP contribution is 1.78. The third-order valence-corrected chi connectivity index (χ3v) is 0.521. The number of carbonyl (C=O) groups is 1. The van der Waals surface area contributed by atoms with Gasteiger partial charge in [0.2, 0.25) is 0 Å². The summed E-state index contributed by atoms with van der Waals surface area (Å²) in [6.45, 7) is 0.278. The second-order valence-electron chi connectivity index (χ2n) is 1.13. The molecule has 0 fully saturated rings. The summed E-state index contributed by atoms with van der Waals surface area (Å²) in [5.74, 6) is -0.449. The second kappa shape index (κ2) is 7.28. The molecule has 0 saturated carbocycles. The number of esters is 1. The van der Waals surface area contributed by atoms with Crippen LogP contribution in [0, 0.1) is 12.5 Å². The number of nitrogens with two attached hydrogens (primary N) is 1. The number of carbonyl (C=O) groups excluding carboxylic acids is 1. The third-order valence-electron chi connectivity index (χ3n) is 0.521. The van der Waals surface area contributed by atoms with Gasteiger partial charge in [-0.1, -0.05) is 6.42 Å². The Kier molecular flexibility index (Phi) is 9.00. The van der Waals surface area contributed by atoms with Crippen molar-refractivity contribution in [2.45, 2.75) is 6.42 Å². The van der Waals surface area contributed by atoms with Crippen molar-refractivity contribution in [1.29, 1.82) is 0 Å². The molecule has 52 valence electrons. The highest BCUT2D eigenvalue weighted by molar-refractivity contribution is 5.85. The number of halogens is 1. The van der Waals surface area contributed by atoms with Gasteiger partial charge in [0.1, 0.15) is 6.11 Å². The molecule has 0 aromatic heterocycles. The molecule has 0 bridgehead atoms. The van der Waals surface area contributed by atoms with Gasteiger partial charge in [-0.2, -0.15) is 0 Å². The molecule has 4 heteroatoms. The number of ether oxygens (including phenoxy) is 1. The van der Waals surface area contributed by atoms with Crippen LogP contribution < -0.4 is 5.73 Å². The van der Waals surface area contributed by atoms with E-state index in [9.17, 15) is 4.79 Å². The Bertz CT molecular complexity index is 119. The summed E-state index contributed by atoms with van der Waals surface area (Å²) in [6.07, 6.45) is 6.56. The Morgan fingerprint density at radius 1 is 1.78 bits per heavy atom. The summed E-state index contributed by atoms with van der Waals surface area (Å²) in [4.78, 5) is 10.2. The van der Waals surface area contributed by atoms with Crippen LogP contribution in [0.4, 0.5) is 0 Å². The highest BCUT2D eigenvalue weighted by atomic mass is 35.5. The molecule has 0 radical (unpaired) electrons. The van der Waals surface area contributed by atoms with E-state index in [0.29, 0.717) is 0 Å². The maximum absolute atomic E-state index is 10.2. The molecule has 0 aliphatic carbocycles. The maximum atomic E-state index is 10.2. The molecule has 0 spiro atoms. The van der Waals surface area contributed by atoms with E-state index in [-0.39, 0.29) is 25.4 Å². The topological polar surface area (TPSA) is 52.3 Å². The number of hydrogen-bond donors (Lipinski definition) is 1. The monoisotopic (exact) mass is 149 g/mol. The van der Waals surface area contributed by atoms with Gasteiger partial charge < -0.3 is 10.5 Å². The molecule has 0 rings (SSSR count). The van der Waals surface area contributed by atoms with Gasteiger partial charge in [0.05, 0.1) is 6.42 Å². The van der Waals surface area contributed by atoms with E-state index >= 15 is 0 Å². The van der Waals surface area contributed by atoms with Crippen molar-refractivity contribution < 1.29 is 9.53 Å². The quantitative estimate of drug-likeness (QED) is 0.440. The molecule has 0 unspecified atom stereocenters. The summed E-state index contributed by atoms with van der Waals surface area (Å²) in [7, 11) is 0. The first kappa shape index (κ1) is 11.1. The molecule has 0 aliphatic rings. The Morgan fingerprint density at radius 2 is 2.33 bits per heavy atom. The number of rotatable bonds is 2. The van der Waals surface area contributed by atoms with Gasteiger partial charge in [0.15, 0.2) is 0 Å². The fraction of sp³-hybridized carbons (Fsp3) is 0.400. The molecular formula is C5H8ClNO2. The average Bonchev–Trinajstić information content (AvgIpc) is 1.68. The van der Waals surface area contributed by atoms with Crippen LogP contribution >= 0.6 is 12.4 Å². The molecule has 0 aromatic rings. The predicted molar refractivity (Wildman–Crippen MR) is 35.8 cm³/mol. The second-order valence-corrected chi connectivity index (χ2v) is 1.13. The first-order valence-electron chi connectivity index (χ1n) is 2.16. The standard InChI is InChI=1S/C5H7NO2.ClH/c1-2-8-5(7)3-4-6;/h1H,3-4,6H2;1H. The minimum absolute atomic E-state index is 0. The van der Waals surface area contributed by atoms with Gasteiger partial charge in [-0.05, 0) is 0 Å². The molecule has 9 heavy (non-hydrogen) atoms. The zero-order valence-corrected chi connectivity index (χ0v) is 5.61. The Labute approximate surface area is 60.0 Å². The van der Waals surface area contributed by atoms with Crippen molar-refractivity contribution >= 4 is 18.4 Å². The van der Waals surface area contributed by atoms with Crippen LogP contribution in [-0.4, -0.2) is 12.5 Å². The van der Waals surface area contributed by atoms with E-state index in [1.54, 1.807) is 6.11 Å². The van der Waals surface area contributed by atoms with E-state index in [1.807, 2.05) is 0 Å². The zero-order valence-electron chi connectivity index (χ0n) is 4.79. The minimum atomic E-state index is -0.449. The Morgan fingerprint density at radius 3 is 2.67 bits per heavy atom. The van der Waals surface area contributed by atoms with Gasteiger partial charge in [-0.25, -0.2) is 0 Å². The van der Waals surface area contributed by atoms with Crippen LogP contribution in [0.5, 0.6) is 0 Å². The molecule has 0 aromatic carbocycles. The van der Waals surface area contributed by atoms with Crippen LogP contribution in [0.1, 0.15) is 6.42 Å². The first-order chi connectivity index (χ1) is 3.81. The summed E-state index contributed by atoms with van der Waals surface area (Å²) in [5.41, 5.74) is 4.99. The summed E-state index contributed by atoms with van der Waals surface area (Å²) >= 11 is 0. The molecule has 2 N–H and O–H groups in total. The number of hydrogen-bond acceptors (Lipinski definition) is 3. The lowest BCUT2D eigenvalue weighted by Crippen LogP contribution is -2.08. The third kappa shape index (κ3) is 7.28. The lowest BCUT2D eigenvalue weighted by atomic mass is 10.4. The Balaban J connectivity index is 0. The van der Waals surface area contributed by atoms with Crippen molar-refractivity contribution in [3.63, 3.8) is 0 Å². The molecule has 0 heterocycles. The fourth-order valence-corrected chi connectivity index (χ4v) is 0.235. The maximum Gasteiger partial charge on any atom is 0.321 e. The SMILES string of the molecule is C#COC(=O)CCN.Cl. The van der Waals surface area contributed by atoms with Crippen molar-refractivity contribution in [1.82, 2.24) is 0 Å². The summed E-state index contributed by atoms with van der Waals surface area (Å²) in [5, 5.41) is 0. The normalized spacial score (nSPS) is 6.67. The summed E-state index contributed by atoms with van der Waals surface area (Å²) in [6, 6.07) is 0. The van der Waals surface area contributed by atoms with Crippen LogP contribution in [0.3, 0.4) is 0 Å². The Hall–Kier alpha value is -0.720. The lowest BCUT2D eigenvalue weighted by Gasteiger charge is -1.89. The molecule has 3 nitrogen and oxygen atoms in total. The minimum Gasteiger partial charge on any atom is -0.372 e. The van der Waals surface area contributed by atoms with E-state index in [4.69, 9.17) is 5.73 Å². The van der Waals surface area contributed by atoms with Gasteiger partial charge >= 0.3 is 5.97 Å². The van der Waals surface area contributed by atoms with Crippen molar-refractivity contribution in [2.75, 3.05) is 6.54 Å². The fourth-order valence-electron chi connectivity index (χ4n) is 0.235. The number of terminal acetylenes is 1. The molecule has 0 saturated heterocycles. The van der Waals surface area contributed by atoms with E-state index in [1.165, 1.54) is 0 Å². The van der Waals surface area contributed by atoms with E-state index < -0.39 is 5.97 Å². The van der Waals surface area contributed by atoms with Crippen molar-refractivity contribution in [3.8, 4) is 12.5 Å². The van der Waals surface area contributed by atoms with Crippen LogP contribution in [0.2, 0.25) is 0 Å². The van der Waals surface area contributed by atoms with E-state index in [2.05, 4.69) is 11.2 Å². The van der Waals surface area contributed by atoms with Crippen molar-refractivity contribution in [2.24, 2.45) is 5.73 Å². The van der Waals surface area contributed by atoms with Gasteiger partial charge in [0, 0.05) is 6.54 Å². The predicted octanol–water partition coefficient (Wildman–Crippen LogP) is -0.109.